The number of fused-ring (bicyclic) bond motifs is 1. The molecule has 0 spiro atoms. The zero-order valence-corrected chi connectivity index (χ0v) is 14.6. The lowest BCUT2D eigenvalue weighted by Gasteiger charge is -2.19. The van der Waals surface area contributed by atoms with E-state index in [1.54, 1.807) is 12.1 Å². The number of carboxylic acid groups (broad SMARTS) is 1. The maximum atomic E-state index is 12.0. The highest BCUT2D eigenvalue weighted by molar-refractivity contribution is 5.90. The number of carbonyl (C=O) groups excluding carboxylic acids is 3. The van der Waals surface area contributed by atoms with Crippen LogP contribution in [0.3, 0.4) is 0 Å². The second-order valence-corrected chi connectivity index (χ2v) is 5.83. The predicted octanol–water partition coefficient (Wildman–Crippen LogP) is 1.80. The highest BCUT2D eigenvalue weighted by atomic mass is 16.6. The molecule has 1 atom stereocenters. The number of nitrogens with one attached hydrogen (secondary N) is 2. The van der Waals surface area contributed by atoms with Crippen LogP contribution in [0.4, 0.5) is 15.3 Å². The van der Waals surface area contributed by atoms with Crippen LogP contribution in [-0.4, -0.2) is 47.6 Å². The van der Waals surface area contributed by atoms with Gasteiger partial charge in [-0.3, -0.25) is 9.59 Å². The van der Waals surface area contributed by atoms with Crippen LogP contribution >= 0.6 is 0 Å². The van der Waals surface area contributed by atoms with Crippen LogP contribution in [0.2, 0.25) is 0 Å². The van der Waals surface area contributed by atoms with Gasteiger partial charge in [-0.2, -0.15) is 0 Å². The van der Waals surface area contributed by atoms with Crippen LogP contribution in [0.15, 0.2) is 12.1 Å². The van der Waals surface area contributed by atoms with Gasteiger partial charge in [0.25, 0.3) is 0 Å². The lowest BCUT2D eigenvalue weighted by Crippen LogP contribution is -2.35. The molecule has 0 saturated carbocycles. The predicted molar refractivity (Wildman–Crippen MR) is 91.8 cm³/mol. The minimum absolute atomic E-state index is 0.136. The highest BCUT2D eigenvalue weighted by Gasteiger charge is 2.30. The summed E-state index contributed by atoms with van der Waals surface area (Å²) in [6.07, 6.45) is -0.263. The summed E-state index contributed by atoms with van der Waals surface area (Å²) in [5.41, 5.74) is 3.30. The van der Waals surface area contributed by atoms with Crippen molar-refractivity contribution in [2.24, 2.45) is 0 Å². The van der Waals surface area contributed by atoms with Crippen molar-refractivity contribution in [1.82, 2.24) is 10.2 Å². The second kappa shape index (κ2) is 8.32. The molecule has 26 heavy (non-hydrogen) atoms. The normalized spacial score (nSPS) is 14.9. The molecule has 0 radical (unpaired) electrons. The monoisotopic (exact) mass is 363 g/mol. The number of hydrogen-bond acceptors (Lipinski definition) is 5. The summed E-state index contributed by atoms with van der Waals surface area (Å²) in [5.74, 6) is -1.31. The van der Waals surface area contributed by atoms with Gasteiger partial charge in [-0.25, -0.2) is 14.5 Å². The van der Waals surface area contributed by atoms with Gasteiger partial charge in [0, 0.05) is 12.2 Å². The largest absolute Gasteiger partial charge is 0.480 e. The van der Waals surface area contributed by atoms with Gasteiger partial charge in [0.1, 0.15) is 12.6 Å². The summed E-state index contributed by atoms with van der Waals surface area (Å²) in [6, 6.07) is 3.19. The van der Waals surface area contributed by atoms with Crippen molar-refractivity contribution in [2.75, 3.05) is 18.4 Å². The van der Waals surface area contributed by atoms with Crippen molar-refractivity contribution in [1.29, 1.82) is 0 Å². The Hall–Kier alpha value is -3.10. The van der Waals surface area contributed by atoms with Crippen molar-refractivity contribution in [3.05, 3.63) is 28.8 Å². The Morgan fingerprint density at radius 2 is 2.12 bits per heavy atom. The lowest BCUT2D eigenvalue weighted by atomic mass is 10.0. The van der Waals surface area contributed by atoms with Crippen LogP contribution in [0.25, 0.3) is 0 Å². The van der Waals surface area contributed by atoms with E-state index < -0.39 is 24.7 Å². The molecule has 2 rings (SSSR count). The first-order chi connectivity index (χ1) is 12.4. The molecule has 9 nitrogen and oxygen atoms in total. The standard InChI is InChI=1S/C17H21N3O6/c1-3-18-16(24)19-13-6-4-12-11(10(13)2)5-7-14(12)26-17(25)20(9-21)8-15(22)23/h4,6,9,14H,3,5,7-8H2,1-2H3,(H,22,23)(H2,18,19,24)/t14-/m0/s1. The Labute approximate surface area is 150 Å². The molecule has 0 bridgehead atoms. The first-order valence-electron chi connectivity index (χ1n) is 8.18. The summed E-state index contributed by atoms with van der Waals surface area (Å²) < 4.78 is 5.30. The summed E-state index contributed by atoms with van der Waals surface area (Å²) in [7, 11) is 0. The molecule has 1 aliphatic rings. The number of urea groups is 1. The van der Waals surface area contributed by atoms with Gasteiger partial charge >= 0.3 is 18.1 Å². The maximum absolute atomic E-state index is 12.0. The van der Waals surface area contributed by atoms with E-state index in [1.165, 1.54) is 0 Å². The van der Waals surface area contributed by atoms with Gasteiger partial charge in [-0.1, -0.05) is 6.07 Å². The van der Waals surface area contributed by atoms with Gasteiger partial charge in [0.2, 0.25) is 6.41 Å². The van der Waals surface area contributed by atoms with E-state index in [0.717, 1.165) is 16.7 Å². The third-order valence-corrected chi connectivity index (χ3v) is 4.13. The van der Waals surface area contributed by atoms with Gasteiger partial charge in [-0.15, -0.1) is 0 Å². The summed E-state index contributed by atoms with van der Waals surface area (Å²) in [5, 5.41) is 14.1. The number of carbonyl (C=O) groups is 4. The summed E-state index contributed by atoms with van der Waals surface area (Å²) in [4.78, 5) is 45.7. The first-order valence-corrected chi connectivity index (χ1v) is 8.18. The van der Waals surface area contributed by atoms with Gasteiger partial charge in [-0.05, 0) is 49.4 Å². The molecule has 0 fully saturated rings. The van der Waals surface area contributed by atoms with E-state index in [0.29, 0.717) is 30.0 Å². The van der Waals surface area contributed by atoms with E-state index in [2.05, 4.69) is 10.6 Å². The fourth-order valence-electron chi connectivity index (χ4n) is 2.91. The summed E-state index contributed by atoms with van der Waals surface area (Å²) >= 11 is 0. The molecular weight excluding hydrogens is 342 g/mol. The molecule has 3 N–H and O–H groups in total. The molecule has 0 heterocycles. The Bertz CT molecular complexity index is 733. The number of imide groups is 1. The quantitative estimate of drug-likeness (QED) is 0.662. The number of ether oxygens (including phenoxy) is 1. The van der Waals surface area contributed by atoms with E-state index in [-0.39, 0.29) is 12.4 Å². The van der Waals surface area contributed by atoms with E-state index in [1.807, 2.05) is 13.8 Å². The average molecular weight is 363 g/mol. The molecule has 1 aromatic rings. The molecule has 1 aromatic carbocycles. The van der Waals surface area contributed by atoms with Crippen molar-refractivity contribution >= 4 is 30.2 Å². The van der Waals surface area contributed by atoms with Crippen molar-refractivity contribution < 1.29 is 29.0 Å². The van der Waals surface area contributed by atoms with Crippen molar-refractivity contribution in [3.8, 4) is 0 Å². The smallest absolute Gasteiger partial charge is 0.417 e. The molecule has 0 saturated heterocycles. The zero-order chi connectivity index (χ0) is 19.3. The molecule has 0 unspecified atom stereocenters. The van der Waals surface area contributed by atoms with E-state index >= 15 is 0 Å². The van der Waals surface area contributed by atoms with Crippen LogP contribution in [-0.2, 0) is 20.7 Å². The van der Waals surface area contributed by atoms with Crippen LogP contribution in [0.5, 0.6) is 0 Å². The lowest BCUT2D eigenvalue weighted by molar-refractivity contribution is -0.140. The van der Waals surface area contributed by atoms with Crippen molar-refractivity contribution in [2.45, 2.75) is 32.8 Å². The molecule has 4 amide bonds. The Morgan fingerprint density at radius 1 is 1.38 bits per heavy atom. The minimum atomic E-state index is -1.31. The average Bonchev–Trinajstić information content (AvgIpc) is 2.98. The van der Waals surface area contributed by atoms with Gasteiger partial charge in [0.15, 0.2) is 0 Å². The molecule has 0 aromatic heterocycles. The fourth-order valence-corrected chi connectivity index (χ4v) is 2.91. The Balaban J connectivity index is 2.13. The molecule has 1 aliphatic carbocycles. The number of rotatable bonds is 6. The number of amides is 4. The number of aliphatic carboxylic acids is 1. The number of hydrogen-bond donors (Lipinski definition) is 3. The summed E-state index contributed by atoms with van der Waals surface area (Å²) in [6.45, 7) is 3.45. The molecule has 140 valence electrons. The Morgan fingerprint density at radius 3 is 2.73 bits per heavy atom. The zero-order valence-electron chi connectivity index (χ0n) is 14.6. The topological polar surface area (TPSA) is 125 Å². The number of anilines is 1. The van der Waals surface area contributed by atoms with E-state index in [9.17, 15) is 19.2 Å². The number of carboxylic acids is 1. The van der Waals surface area contributed by atoms with Crippen molar-refractivity contribution in [3.63, 3.8) is 0 Å². The first kappa shape index (κ1) is 19.2. The molecule has 9 heteroatoms. The maximum Gasteiger partial charge on any atom is 0.417 e. The SMILES string of the molecule is CCNC(=O)Nc1ccc2c(c1C)CC[C@@H]2OC(=O)N(C=O)CC(=O)O. The second-order valence-electron chi connectivity index (χ2n) is 5.83. The third kappa shape index (κ3) is 4.29. The molecule has 0 aliphatic heterocycles. The van der Waals surface area contributed by atoms with Crippen LogP contribution < -0.4 is 10.6 Å². The fraction of sp³-hybridized carbons (Fsp3) is 0.412. The van der Waals surface area contributed by atoms with Gasteiger partial charge in [0.05, 0.1) is 0 Å². The number of benzene rings is 1. The highest BCUT2D eigenvalue weighted by Crippen LogP contribution is 2.38. The van der Waals surface area contributed by atoms with Crippen LogP contribution in [0.1, 0.15) is 36.1 Å². The van der Waals surface area contributed by atoms with Crippen LogP contribution in [0, 0.1) is 6.92 Å². The van der Waals surface area contributed by atoms with Gasteiger partial charge < -0.3 is 20.5 Å². The minimum Gasteiger partial charge on any atom is -0.480 e. The third-order valence-electron chi connectivity index (χ3n) is 4.13. The van der Waals surface area contributed by atoms with E-state index in [4.69, 9.17) is 9.84 Å². The Kier molecular flexibility index (Phi) is 6.16. The number of nitrogens with zero attached hydrogens (tertiary/aromatic N) is 1. The molecular formula is C17H21N3O6.